The highest BCUT2D eigenvalue weighted by Gasteiger charge is 2.23. The fraction of sp³-hybridized carbons (Fsp3) is 0.600. The van der Waals surface area contributed by atoms with Gasteiger partial charge in [-0.15, -0.1) is 0 Å². The first-order chi connectivity index (χ1) is 8.38. The molecule has 0 spiro atoms. The van der Waals surface area contributed by atoms with Gasteiger partial charge in [-0.25, -0.2) is 0 Å². The van der Waals surface area contributed by atoms with Gasteiger partial charge in [0.2, 0.25) is 0 Å². The molecule has 0 saturated heterocycles. The lowest BCUT2D eigenvalue weighted by Crippen LogP contribution is -2.33. The van der Waals surface area contributed by atoms with Gasteiger partial charge in [-0.05, 0) is 29.5 Å². The van der Waals surface area contributed by atoms with Crippen LogP contribution in [-0.2, 0) is 0 Å². The summed E-state index contributed by atoms with van der Waals surface area (Å²) in [5, 5.41) is 10.4. The highest BCUT2D eigenvalue weighted by Crippen LogP contribution is 2.31. The summed E-state index contributed by atoms with van der Waals surface area (Å²) in [6.45, 7) is 8.26. The Hall–Kier alpha value is -1.06. The van der Waals surface area contributed by atoms with Crippen molar-refractivity contribution in [2.45, 2.75) is 45.8 Å². The van der Waals surface area contributed by atoms with Crippen molar-refractivity contribution in [2.75, 3.05) is 7.11 Å². The van der Waals surface area contributed by atoms with Crippen LogP contribution in [0.1, 0.15) is 50.8 Å². The van der Waals surface area contributed by atoms with E-state index in [0.29, 0.717) is 11.7 Å². The van der Waals surface area contributed by atoms with Crippen LogP contribution in [0.25, 0.3) is 0 Å². The molecular formula is C15H25NO2. The zero-order chi connectivity index (χ0) is 13.9. The number of benzene rings is 1. The number of rotatable bonds is 5. The first kappa shape index (κ1) is 15.0. The van der Waals surface area contributed by atoms with E-state index in [9.17, 15) is 5.11 Å². The van der Waals surface area contributed by atoms with Crippen molar-refractivity contribution < 1.29 is 9.84 Å². The van der Waals surface area contributed by atoms with Crippen LogP contribution in [0.15, 0.2) is 18.2 Å². The Labute approximate surface area is 110 Å². The molecule has 0 fully saturated rings. The second-order valence-electron chi connectivity index (χ2n) is 5.42. The van der Waals surface area contributed by atoms with Gasteiger partial charge in [-0.2, -0.15) is 0 Å². The molecule has 2 unspecified atom stereocenters. The van der Waals surface area contributed by atoms with E-state index in [2.05, 4.69) is 13.8 Å². The van der Waals surface area contributed by atoms with Gasteiger partial charge in [0.05, 0.1) is 13.2 Å². The molecule has 3 N–H and O–H groups in total. The molecule has 3 heteroatoms. The Morgan fingerprint density at radius 2 is 1.78 bits per heavy atom. The van der Waals surface area contributed by atoms with Crippen LogP contribution >= 0.6 is 0 Å². The summed E-state index contributed by atoms with van der Waals surface area (Å²) in [6.07, 6.45) is -0.696. The van der Waals surface area contributed by atoms with Gasteiger partial charge in [0.25, 0.3) is 0 Å². The van der Waals surface area contributed by atoms with Crippen molar-refractivity contribution in [2.24, 2.45) is 11.7 Å². The minimum Gasteiger partial charge on any atom is -0.496 e. The molecule has 0 aliphatic heterocycles. The average molecular weight is 251 g/mol. The molecule has 0 bridgehead atoms. The van der Waals surface area contributed by atoms with Gasteiger partial charge in [0.15, 0.2) is 0 Å². The molecule has 1 aromatic carbocycles. The summed E-state index contributed by atoms with van der Waals surface area (Å²) < 4.78 is 5.32. The standard InChI is InChI=1S/C15H25NO2/c1-9(2)11-6-7-13(18-5)12(8-11)15(17)14(16)10(3)4/h6-10,14-15,17H,16H2,1-5H3. The fourth-order valence-corrected chi connectivity index (χ4v) is 1.91. The smallest absolute Gasteiger partial charge is 0.124 e. The largest absolute Gasteiger partial charge is 0.496 e. The molecule has 0 aliphatic rings. The molecule has 0 aliphatic carbocycles. The Balaban J connectivity index is 3.15. The van der Waals surface area contributed by atoms with E-state index < -0.39 is 6.10 Å². The fourth-order valence-electron chi connectivity index (χ4n) is 1.91. The Morgan fingerprint density at radius 1 is 1.17 bits per heavy atom. The molecule has 0 saturated carbocycles. The number of hydrogen-bond donors (Lipinski definition) is 2. The van der Waals surface area contributed by atoms with Gasteiger partial charge < -0.3 is 15.6 Å². The van der Waals surface area contributed by atoms with Crippen LogP contribution in [0.5, 0.6) is 5.75 Å². The maximum atomic E-state index is 10.4. The molecule has 2 atom stereocenters. The first-order valence-corrected chi connectivity index (χ1v) is 6.50. The number of methoxy groups -OCH3 is 1. The van der Waals surface area contributed by atoms with Crippen LogP contribution < -0.4 is 10.5 Å². The molecule has 18 heavy (non-hydrogen) atoms. The third-order valence-electron chi connectivity index (χ3n) is 3.37. The molecule has 3 nitrogen and oxygen atoms in total. The number of ether oxygens (including phenoxy) is 1. The van der Waals surface area contributed by atoms with Gasteiger partial charge in [0.1, 0.15) is 5.75 Å². The molecule has 0 radical (unpaired) electrons. The lowest BCUT2D eigenvalue weighted by atomic mass is 9.91. The zero-order valence-corrected chi connectivity index (χ0v) is 12.0. The van der Waals surface area contributed by atoms with E-state index in [-0.39, 0.29) is 12.0 Å². The molecule has 0 amide bonds. The van der Waals surface area contributed by atoms with Crippen molar-refractivity contribution in [1.29, 1.82) is 0 Å². The summed E-state index contributed by atoms with van der Waals surface area (Å²) in [4.78, 5) is 0. The molecule has 0 aromatic heterocycles. The van der Waals surface area contributed by atoms with Gasteiger partial charge in [-0.3, -0.25) is 0 Å². The van der Waals surface area contributed by atoms with E-state index in [1.807, 2.05) is 32.0 Å². The summed E-state index contributed by atoms with van der Waals surface area (Å²) >= 11 is 0. The van der Waals surface area contributed by atoms with Crippen molar-refractivity contribution in [1.82, 2.24) is 0 Å². The first-order valence-electron chi connectivity index (χ1n) is 6.50. The third kappa shape index (κ3) is 3.24. The van der Waals surface area contributed by atoms with E-state index in [4.69, 9.17) is 10.5 Å². The van der Waals surface area contributed by atoms with E-state index >= 15 is 0 Å². The Kier molecular flexibility index (Phi) is 5.17. The van der Waals surface area contributed by atoms with E-state index in [1.165, 1.54) is 5.56 Å². The third-order valence-corrected chi connectivity index (χ3v) is 3.37. The van der Waals surface area contributed by atoms with Crippen molar-refractivity contribution in [3.63, 3.8) is 0 Å². The van der Waals surface area contributed by atoms with Crippen LogP contribution in [0.2, 0.25) is 0 Å². The number of aliphatic hydroxyl groups is 1. The summed E-state index contributed by atoms with van der Waals surface area (Å²) in [5.41, 5.74) is 8.00. The minimum atomic E-state index is -0.696. The SMILES string of the molecule is COc1ccc(C(C)C)cc1C(O)C(N)C(C)C. The topological polar surface area (TPSA) is 55.5 Å². The van der Waals surface area contributed by atoms with Crippen LogP contribution in [0, 0.1) is 5.92 Å². The second-order valence-corrected chi connectivity index (χ2v) is 5.42. The highest BCUT2D eigenvalue weighted by atomic mass is 16.5. The highest BCUT2D eigenvalue weighted by molar-refractivity contribution is 5.40. The summed E-state index contributed by atoms with van der Waals surface area (Å²) in [7, 11) is 1.61. The number of hydrogen-bond acceptors (Lipinski definition) is 3. The Morgan fingerprint density at radius 3 is 2.22 bits per heavy atom. The molecule has 1 aromatic rings. The molecule has 0 heterocycles. The normalized spacial score (nSPS) is 14.9. The van der Waals surface area contributed by atoms with E-state index in [0.717, 1.165) is 5.56 Å². The monoisotopic (exact) mass is 251 g/mol. The lowest BCUT2D eigenvalue weighted by Gasteiger charge is -2.25. The number of aliphatic hydroxyl groups excluding tert-OH is 1. The maximum absolute atomic E-state index is 10.4. The number of nitrogens with two attached hydrogens (primary N) is 1. The molecule has 102 valence electrons. The predicted molar refractivity (Wildman–Crippen MR) is 74.9 cm³/mol. The minimum absolute atomic E-state index is 0.215. The predicted octanol–water partition coefficient (Wildman–Crippen LogP) is 2.84. The van der Waals surface area contributed by atoms with Crippen molar-refractivity contribution in [3.8, 4) is 5.75 Å². The Bertz CT molecular complexity index is 388. The summed E-state index contributed by atoms with van der Waals surface area (Å²) in [6, 6.07) is 5.64. The van der Waals surface area contributed by atoms with Crippen molar-refractivity contribution >= 4 is 0 Å². The van der Waals surface area contributed by atoms with Crippen LogP contribution in [-0.4, -0.2) is 18.3 Å². The van der Waals surface area contributed by atoms with Crippen molar-refractivity contribution in [3.05, 3.63) is 29.3 Å². The van der Waals surface area contributed by atoms with E-state index in [1.54, 1.807) is 7.11 Å². The second kappa shape index (κ2) is 6.21. The average Bonchev–Trinajstić information content (AvgIpc) is 2.35. The van der Waals surface area contributed by atoms with Crippen LogP contribution in [0.4, 0.5) is 0 Å². The van der Waals surface area contributed by atoms with Gasteiger partial charge >= 0.3 is 0 Å². The van der Waals surface area contributed by atoms with Gasteiger partial charge in [0, 0.05) is 11.6 Å². The van der Waals surface area contributed by atoms with Gasteiger partial charge in [-0.1, -0.05) is 33.8 Å². The zero-order valence-electron chi connectivity index (χ0n) is 12.0. The lowest BCUT2D eigenvalue weighted by molar-refractivity contribution is 0.122. The summed E-state index contributed by atoms with van der Waals surface area (Å²) in [5.74, 6) is 1.33. The maximum Gasteiger partial charge on any atom is 0.124 e. The molecular weight excluding hydrogens is 226 g/mol. The quantitative estimate of drug-likeness (QED) is 0.846. The molecule has 1 rings (SSSR count). The van der Waals surface area contributed by atoms with Crippen LogP contribution in [0.3, 0.4) is 0 Å².